The molecule has 0 N–H and O–H groups in total. The second kappa shape index (κ2) is 8.49. The van der Waals surface area contributed by atoms with E-state index in [9.17, 15) is 0 Å². The molecule has 43 heavy (non-hydrogen) atoms. The largest absolute Gasteiger partial charge is 0.456 e. The van der Waals surface area contributed by atoms with Gasteiger partial charge < -0.3 is 8.83 Å². The van der Waals surface area contributed by atoms with Crippen molar-refractivity contribution in [3.05, 3.63) is 131 Å². The Balaban J connectivity index is 1.13. The minimum absolute atomic E-state index is 0.121. The molecule has 1 aliphatic carbocycles. The van der Waals surface area contributed by atoms with E-state index in [1.54, 1.807) is 0 Å². The SMILES string of the molecule is Cc1ccc2oc3ccc(-c4ccc5c(c4)C(C)(C)c4cc(-c6ccc7oc8ccc(C)cc8c7c6)ccc4-5)cc3c2c1. The highest BCUT2D eigenvalue weighted by Gasteiger charge is 2.36. The summed E-state index contributed by atoms with van der Waals surface area (Å²) in [6.07, 6.45) is 0. The van der Waals surface area contributed by atoms with Crippen LogP contribution in [0, 0.1) is 13.8 Å². The predicted octanol–water partition coefficient (Wildman–Crippen LogP) is 11.7. The van der Waals surface area contributed by atoms with Crippen molar-refractivity contribution in [2.45, 2.75) is 33.1 Å². The van der Waals surface area contributed by atoms with E-state index in [1.165, 1.54) is 77.2 Å². The summed E-state index contributed by atoms with van der Waals surface area (Å²) in [6.45, 7) is 8.98. The van der Waals surface area contributed by atoms with Crippen LogP contribution in [0.5, 0.6) is 0 Å². The topological polar surface area (TPSA) is 26.3 Å². The molecule has 6 aromatic carbocycles. The fraction of sp³-hybridized carbons (Fsp3) is 0.122. The van der Waals surface area contributed by atoms with Crippen LogP contribution >= 0.6 is 0 Å². The fourth-order valence-electron chi connectivity index (χ4n) is 7.24. The average molecular weight is 555 g/mol. The van der Waals surface area contributed by atoms with Crippen molar-refractivity contribution in [1.82, 2.24) is 0 Å². The zero-order valence-electron chi connectivity index (χ0n) is 24.7. The number of hydrogen-bond donors (Lipinski definition) is 0. The number of benzene rings is 6. The lowest BCUT2D eigenvalue weighted by Crippen LogP contribution is -2.15. The highest BCUT2D eigenvalue weighted by Crippen LogP contribution is 2.51. The summed E-state index contributed by atoms with van der Waals surface area (Å²) in [4.78, 5) is 0. The van der Waals surface area contributed by atoms with Crippen molar-refractivity contribution in [1.29, 1.82) is 0 Å². The van der Waals surface area contributed by atoms with Crippen LogP contribution in [-0.4, -0.2) is 0 Å². The van der Waals surface area contributed by atoms with Gasteiger partial charge in [-0.1, -0.05) is 73.5 Å². The first-order valence-corrected chi connectivity index (χ1v) is 15.0. The molecular formula is C41H30O2. The molecule has 206 valence electrons. The van der Waals surface area contributed by atoms with E-state index in [-0.39, 0.29) is 5.41 Å². The second-order valence-electron chi connectivity index (χ2n) is 12.8. The van der Waals surface area contributed by atoms with Gasteiger partial charge in [0.25, 0.3) is 0 Å². The zero-order chi connectivity index (χ0) is 29.0. The number of rotatable bonds is 2. The van der Waals surface area contributed by atoms with Gasteiger partial charge in [-0.25, -0.2) is 0 Å². The van der Waals surface area contributed by atoms with Crippen LogP contribution in [0.2, 0.25) is 0 Å². The lowest BCUT2D eigenvalue weighted by Gasteiger charge is -2.22. The van der Waals surface area contributed by atoms with Crippen LogP contribution in [0.4, 0.5) is 0 Å². The normalized spacial score (nSPS) is 13.8. The molecule has 2 nitrogen and oxygen atoms in total. The first kappa shape index (κ1) is 24.5. The number of aryl methyl sites for hydroxylation is 2. The van der Waals surface area contributed by atoms with Crippen molar-refractivity contribution in [3.8, 4) is 33.4 Å². The molecule has 2 heterocycles. The Bertz CT molecular complexity index is 2280. The molecule has 0 unspecified atom stereocenters. The van der Waals surface area contributed by atoms with E-state index in [0.29, 0.717) is 0 Å². The van der Waals surface area contributed by atoms with Crippen molar-refractivity contribution in [2.75, 3.05) is 0 Å². The standard InChI is InChI=1S/C41H30O2/c1-23-5-13-37-31(17-23)33-19-25(9-15-39(33)42-37)27-7-11-29-30-12-8-28(22-36(30)41(3,4)35(29)21-27)26-10-16-40-34(20-26)32-18-24(2)6-14-38(32)43-40/h5-22H,1-4H3. The number of hydrogen-bond acceptors (Lipinski definition) is 2. The van der Waals surface area contributed by atoms with Gasteiger partial charge in [-0.3, -0.25) is 0 Å². The number of furan rings is 2. The van der Waals surface area contributed by atoms with Crippen LogP contribution in [0.15, 0.2) is 118 Å². The molecule has 0 atom stereocenters. The molecule has 2 heteroatoms. The first-order chi connectivity index (χ1) is 20.8. The van der Waals surface area contributed by atoms with Crippen LogP contribution in [0.25, 0.3) is 77.3 Å². The maximum atomic E-state index is 6.14. The molecule has 0 saturated heterocycles. The summed E-state index contributed by atoms with van der Waals surface area (Å²) >= 11 is 0. The summed E-state index contributed by atoms with van der Waals surface area (Å²) in [7, 11) is 0. The smallest absolute Gasteiger partial charge is 0.135 e. The molecule has 9 rings (SSSR count). The molecule has 0 radical (unpaired) electrons. The molecular weight excluding hydrogens is 524 g/mol. The molecule has 8 aromatic rings. The van der Waals surface area contributed by atoms with Gasteiger partial charge in [0, 0.05) is 27.0 Å². The van der Waals surface area contributed by atoms with Gasteiger partial charge in [-0.15, -0.1) is 0 Å². The van der Waals surface area contributed by atoms with E-state index < -0.39 is 0 Å². The summed E-state index contributed by atoms with van der Waals surface area (Å²) < 4.78 is 12.3. The minimum atomic E-state index is -0.121. The Morgan fingerprint density at radius 1 is 0.395 bits per heavy atom. The Morgan fingerprint density at radius 2 is 0.744 bits per heavy atom. The zero-order valence-corrected chi connectivity index (χ0v) is 24.7. The van der Waals surface area contributed by atoms with Gasteiger partial charge >= 0.3 is 0 Å². The molecule has 0 bridgehead atoms. The van der Waals surface area contributed by atoms with Crippen molar-refractivity contribution < 1.29 is 8.83 Å². The van der Waals surface area contributed by atoms with Crippen LogP contribution in [-0.2, 0) is 5.41 Å². The maximum Gasteiger partial charge on any atom is 0.135 e. The monoisotopic (exact) mass is 554 g/mol. The number of fused-ring (bicyclic) bond motifs is 9. The van der Waals surface area contributed by atoms with Crippen LogP contribution in [0.3, 0.4) is 0 Å². The van der Waals surface area contributed by atoms with E-state index in [2.05, 4.69) is 137 Å². The van der Waals surface area contributed by atoms with E-state index >= 15 is 0 Å². The van der Waals surface area contributed by atoms with Crippen molar-refractivity contribution in [2.24, 2.45) is 0 Å². The average Bonchev–Trinajstić information content (AvgIpc) is 3.63. The molecule has 1 aliphatic rings. The van der Waals surface area contributed by atoms with Gasteiger partial charge in [0.1, 0.15) is 22.3 Å². The van der Waals surface area contributed by atoms with Gasteiger partial charge in [-0.05, 0) is 119 Å². The first-order valence-electron chi connectivity index (χ1n) is 15.0. The van der Waals surface area contributed by atoms with E-state index in [4.69, 9.17) is 8.83 Å². The Morgan fingerprint density at radius 3 is 1.19 bits per heavy atom. The molecule has 2 aromatic heterocycles. The highest BCUT2D eigenvalue weighted by molar-refractivity contribution is 6.07. The molecule has 0 amide bonds. The van der Waals surface area contributed by atoms with Gasteiger partial charge in [0.05, 0.1) is 0 Å². The maximum absolute atomic E-state index is 6.14. The van der Waals surface area contributed by atoms with Crippen molar-refractivity contribution in [3.63, 3.8) is 0 Å². The predicted molar refractivity (Wildman–Crippen MR) is 179 cm³/mol. The summed E-state index contributed by atoms with van der Waals surface area (Å²) in [6, 6.07) is 39.9. The van der Waals surface area contributed by atoms with E-state index in [0.717, 1.165) is 22.3 Å². The minimum Gasteiger partial charge on any atom is -0.456 e. The Kier molecular flexibility index (Phi) is 4.84. The third-order valence-electron chi connectivity index (χ3n) is 9.59. The van der Waals surface area contributed by atoms with Crippen LogP contribution in [0.1, 0.15) is 36.1 Å². The summed E-state index contributed by atoms with van der Waals surface area (Å²) in [5.41, 5.74) is 16.4. The summed E-state index contributed by atoms with van der Waals surface area (Å²) in [5, 5.41) is 4.69. The Hall–Kier alpha value is -5.08. The Labute approximate surface area is 250 Å². The third-order valence-corrected chi connectivity index (χ3v) is 9.59. The quantitative estimate of drug-likeness (QED) is 0.212. The second-order valence-corrected chi connectivity index (χ2v) is 12.8. The lowest BCUT2D eigenvalue weighted by atomic mass is 9.80. The highest BCUT2D eigenvalue weighted by atomic mass is 16.3. The van der Waals surface area contributed by atoms with Gasteiger partial charge in [0.2, 0.25) is 0 Å². The summed E-state index contributed by atoms with van der Waals surface area (Å²) in [5.74, 6) is 0. The van der Waals surface area contributed by atoms with Crippen molar-refractivity contribution >= 4 is 43.9 Å². The molecule has 0 fully saturated rings. The molecule has 0 spiro atoms. The van der Waals surface area contributed by atoms with Gasteiger partial charge in [-0.2, -0.15) is 0 Å². The lowest BCUT2D eigenvalue weighted by molar-refractivity contribution is 0.661. The van der Waals surface area contributed by atoms with E-state index in [1.807, 2.05) is 0 Å². The molecule has 0 saturated carbocycles. The fourth-order valence-corrected chi connectivity index (χ4v) is 7.24. The van der Waals surface area contributed by atoms with Gasteiger partial charge in [0.15, 0.2) is 0 Å². The molecule has 0 aliphatic heterocycles. The van der Waals surface area contributed by atoms with Crippen LogP contribution < -0.4 is 0 Å². The third kappa shape index (κ3) is 3.53.